The summed E-state index contributed by atoms with van der Waals surface area (Å²) < 4.78 is 5.51. The molecule has 3 aliphatic heterocycles. The van der Waals surface area contributed by atoms with Gasteiger partial charge in [-0.15, -0.1) is 0 Å². The third-order valence-electron chi connectivity index (χ3n) is 18.2. The Kier molecular flexibility index (Phi) is 7.81. The number of fused-ring (bicyclic) bond motifs is 13. The van der Waals surface area contributed by atoms with E-state index in [1.807, 2.05) is 0 Å². The Morgan fingerprint density at radius 3 is 1.73 bits per heavy atom. The second-order valence-corrected chi connectivity index (χ2v) is 22.6. The Morgan fingerprint density at radius 1 is 0.471 bits per heavy atom. The van der Waals surface area contributed by atoms with Gasteiger partial charge in [-0.05, 0) is 145 Å². The summed E-state index contributed by atoms with van der Waals surface area (Å²) in [7, 11) is 0. The zero-order valence-electron chi connectivity index (χ0n) is 41.5. The Hall–Kier alpha value is -7.36. The van der Waals surface area contributed by atoms with E-state index < -0.39 is 5.41 Å². The fraction of sp³-hybridized carbons (Fsp3) is 0.194. The average Bonchev–Trinajstić information content (AvgIpc) is 4.00. The van der Waals surface area contributed by atoms with Crippen molar-refractivity contribution in [2.45, 2.75) is 84.5 Å². The highest BCUT2D eigenvalue weighted by Crippen LogP contribution is 2.63. The minimum Gasteiger partial charge on any atom is -0.310 e. The maximum absolute atomic E-state index is 2.80. The Labute approximate surface area is 411 Å². The van der Waals surface area contributed by atoms with E-state index in [1.54, 1.807) is 0 Å². The maximum atomic E-state index is 2.80. The van der Waals surface area contributed by atoms with Gasteiger partial charge >= 0.3 is 0 Å². The van der Waals surface area contributed by atoms with Gasteiger partial charge < -0.3 is 9.13 Å². The van der Waals surface area contributed by atoms with Gasteiger partial charge in [0.25, 0.3) is 6.71 Å². The summed E-state index contributed by atoms with van der Waals surface area (Å²) in [5.41, 5.74) is 29.1. The Morgan fingerprint density at radius 2 is 1.07 bits per heavy atom. The average molecular weight is 899 g/mol. The summed E-state index contributed by atoms with van der Waals surface area (Å²) in [6, 6.07) is 64.5. The molecule has 5 heterocycles. The lowest BCUT2D eigenvalue weighted by molar-refractivity contribution is 0.505. The highest BCUT2D eigenvalue weighted by Gasteiger charge is 2.55. The van der Waals surface area contributed by atoms with Crippen LogP contribution in [0.1, 0.15) is 98.9 Å². The minimum atomic E-state index is -0.564. The highest BCUT2D eigenvalue weighted by atomic mass is 15.1. The molecule has 0 radical (unpaired) electrons. The van der Waals surface area contributed by atoms with Crippen molar-refractivity contribution in [1.29, 1.82) is 0 Å². The van der Waals surface area contributed by atoms with Crippen molar-refractivity contribution in [2.24, 2.45) is 0 Å². The monoisotopic (exact) mass is 898 g/mol. The lowest BCUT2D eigenvalue weighted by Crippen LogP contribution is -2.61. The van der Waals surface area contributed by atoms with E-state index in [0.717, 1.165) is 12.8 Å². The van der Waals surface area contributed by atoms with Gasteiger partial charge in [-0.25, -0.2) is 0 Å². The second kappa shape index (κ2) is 13.5. The van der Waals surface area contributed by atoms with Crippen LogP contribution in [0, 0.1) is 13.8 Å². The Balaban J connectivity index is 1.24. The highest BCUT2D eigenvalue weighted by molar-refractivity contribution is 7.01. The van der Waals surface area contributed by atoms with Gasteiger partial charge in [-0.1, -0.05) is 192 Å². The van der Waals surface area contributed by atoms with Crippen LogP contribution < -0.4 is 16.4 Å². The normalized spacial score (nSPS) is 14.5. The fourth-order valence-electron chi connectivity index (χ4n) is 14.0. The van der Waals surface area contributed by atoms with Crippen LogP contribution in [0.4, 0.5) is 0 Å². The zero-order chi connectivity index (χ0) is 47.3. The largest absolute Gasteiger partial charge is 0.310 e. The molecule has 2 aromatic heterocycles. The third kappa shape index (κ3) is 4.77. The molecule has 0 saturated carbocycles. The molecular weight excluding hydrogens is 844 g/mol. The summed E-state index contributed by atoms with van der Waals surface area (Å²) in [6.45, 7) is 19.1. The van der Waals surface area contributed by atoms with Crippen molar-refractivity contribution in [3.05, 3.63) is 208 Å². The molecule has 336 valence electrons. The number of benzene rings is 9. The predicted molar refractivity (Wildman–Crippen MR) is 298 cm³/mol. The van der Waals surface area contributed by atoms with Crippen molar-refractivity contribution in [3.63, 3.8) is 0 Å². The van der Waals surface area contributed by atoms with E-state index in [2.05, 4.69) is 228 Å². The fourth-order valence-corrected chi connectivity index (χ4v) is 14.0. The maximum Gasteiger partial charge on any atom is 0.253 e. The van der Waals surface area contributed by atoms with Gasteiger partial charge in [-0.3, -0.25) is 0 Å². The van der Waals surface area contributed by atoms with E-state index in [4.69, 9.17) is 0 Å². The SMILES string of the molecule is CCC(C)(C)c1cc2c3c(c1)c1cc(C(C)(C)CC)cc4c1n3-c1c(ccc3c1B2c1c2ccccc2cc2c(-c5ccccc5)c(-c5ccccc5)n-3c12)C41c2cc(C)ccc2-c2ccc(C)cc21. The topological polar surface area (TPSA) is 9.86 Å². The van der Waals surface area contributed by atoms with Gasteiger partial charge in [0.2, 0.25) is 0 Å². The van der Waals surface area contributed by atoms with Crippen molar-refractivity contribution in [1.82, 2.24) is 9.13 Å². The van der Waals surface area contributed by atoms with E-state index in [1.165, 1.54) is 149 Å². The van der Waals surface area contributed by atoms with Crippen molar-refractivity contribution in [3.8, 4) is 44.9 Å². The van der Waals surface area contributed by atoms with Gasteiger partial charge in [0.1, 0.15) is 0 Å². The standard InChI is InChI=1S/C67H55BN2/c1-9-65(5,6)43-34-48-49-35-44(66(7,8)10-2)37-55-62(49)70-61(48)54(36-43)67(52-31-38(3)25-27-46(52)47-28-26-39(4)32-53(47)67)51-29-30-56-59(64(51)70)68(55)58-45-24-18-17-23-42(45)33-50-57(40-19-13-11-14-20-40)60(69(56)63(50)58)41-21-15-12-16-22-41/h11-37H,9-10H2,1-8H3. The molecule has 11 aromatic rings. The number of nitrogens with zero attached hydrogens (tertiary/aromatic N) is 2. The number of rotatable bonds is 6. The molecule has 0 N–H and O–H groups in total. The van der Waals surface area contributed by atoms with Gasteiger partial charge in [-0.2, -0.15) is 0 Å². The van der Waals surface area contributed by atoms with Crippen LogP contribution in [0.3, 0.4) is 0 Å². The molecule has 1 aliphatic carbocycles. The molecule has 15 rings (SSSR count). The van der Waals surface area contributed by atoms with Crippen molar-refractivity contribution < 1.29 is 0 Å². The molecule has 0 atom stereocenters. The van der Waals surface area contributed by atoms with E-state index in [9.17, 15) is 0 Å². The number of hydrogen-bond donors (Lipinski definition) is 0. The van der Waals surface area contributed by atoms with E-state index in [0.29, 0.717) is 0 Å². The molecule has 0 saturated heterocycles. The third-order valence-corrected chi connectivity index (χ3v) is 18.2. The molecule has 4 aliphatic rings. The first kappa shape index (κ1) is 40.5. The lowest BCUT2D eigenvalue weighted by atomic mass is 9.33. The smallest absolute Gasteiger partial charge is 0.253 e. The van der Waals surface area contributed by atoms with Gasteiger partial charge in [0.05, 0.1) is 22.1 Å². The van der Waals surface area contributed by atoms with Crippen LogP contribution in [0.15, 0.2) is 164 Å². The molecule has 3 heteroatoms. The van der Waals surface area contributed by atoms with Crippen LogP contribution in [0.2, 0.25) is 0 Å². The minimum absolute atomic E-state index is 0.0272. The van der Waals surface area contributed by atoms with Crippen molar-refractivity contribution >= 4 is 66.6 Å². The predicted octanol–water partition coefficient (Wildman–Crippen LogP) is 15.0. The van der Waals surface area contributed by atoms with Gasteiger partial charge in [0, 0.05) is 38.6 Å². The summed E-state index contributed by atoms with van der Waals surface area (Å²) >= 11 is 0. The molecule has 0 unspecified atom stereocenters. The summed E-state index contributed by atoms with van der Waals surface area (Å²) in [4.78, 5) is 0. The Bertz CT molecular complexity index is 4110. The first-order valence-corrected chi connectivity index (χ1v) is 25.8. The number of aryl methyl sites for hydroxylation is 2. The number of aromatic nitrogens is 2. The molecule has 70 heavy (non-hydrogen) atoms. The molecule has 1 spiro atoms. The zero-order valence-corrected chi connectivity index (χ0v) is 41.5. The lowest BCUT2D eigenvalue weighted by Gasteiger charge is -2.44. The van der Waals surface area contributed by atoms with Crippen LogP contribution in [-0.2, 0) is 16.2 Å². The second-order valence-electron chi connectivity index (χ2n) is 22.6. The van der Waals surface area contributed by atoms with Crippen LogP contribution in [0.5, 0.6) is 0 Å². The van der Waals surface area contributed by atoms with Crippen LogP contribution >= 0.6 is 0 Å². The van der Waals surface area contributed by atoms with E-state index >= 15 is 0 Å². The molecule has 0 amide bonds. The molecule has 2 nitrogen and oxygen atoms in total. The van der Waals surface area contributed by atoms with Crippen LogP contribution in [-0.4, -0.2) is 15.8 Å². The first-order valence-electron chi connectivity index (χ1n) is 25.8. The van der Waals surface area contributed by atoms with Crippen molar-refractivity contribution in [2.75, 3.05) is 0 Å². The first-order chi connectivity index (χ1) is 34.0. The summed E-state index contributed by atoms with van der Waals surface area (Å²) in [6.07, 6.45) is 2.09. The molecule has 9 aromatic carbocycles. The summed E-state index contributed by atoms with van der Waals surface area (Å²) in [5.74, 6) is 0. The molecular formula is C67H55BN2. The molecule has 0 fully saturated rings. The van der Waals surface area contributed by atoms with E-state index in [-0.39, 0.29) is 17.5 Å². The molecule has 0 bridgehead atoms. The number of hydrogen-bond acceptors (Lipinski definition) is 0. The van der Waals surface area contributed by atoms with Crippen LogP contribution in [0.25, 0.3) is 88.4 Å². The quantitative estimate of drug-likeness (QED) is 0.147. The summed E-state index contributed by atoms with van der Waals surface area (Å²) in [5, 5.41) is 6.70. The van der Waals surface area contributed by atoms with Gasteiger partial charge in [0.15, 0.2) is 0 Å².